The zero-order valence-electron chi connectivity index (χ0n) is 12.3. The summed E-state index contributed by atoms with van der Waals surface area (Å²) < 4.78 is 10.2. The molecule has 1 heterocycles. The number of aryl methyl sites for hydroxylation is 1. The minimum atomic E-state index is -0.504. The van der Waals surface area contributed by atoms with Crippen LogP contribution in [0.1, 0.15) is 23.0 Å². The van der Waals surface area contributed by atoms with E-state index in [2.05, 4.69) is 10.3 Å². The van der Waals surface area contributed by atoms with Crippen LogP contribution in [0.5, 0.6) is 5.75 Å². The first-order valence-electron chi connectivity index (χ1n) is 6.70. The quantitative estimate of drug-likeness (QED) is 0.828. The minimum Gasteiger partial charge on any atom is -0.484 e. The number of rotatable bonds is 6. The minimum absolute atomic E-state index is 0.127. The maximum absolute atomic E-state index is 11.8. The predicted octanol–water partition coefficient (Wildman–Crippen LogP) is 2.65. The van der Waals surface area contributed by atoms with Crippen molar-refractivity contribution < 1.29 is 19.1 Å². The van der Waals surface area contributed by atoms with Crippen molar-refractivity contribution in [1.82, 2.24) is 4.98 Å². The Labute approximate surface area is 132 Å². The Morgan fingerprint density at radius 1 is 1.36 bits per heavy atom. The Balaban J connectivity index is 1.86. The lowest BCUT2D eigenvalue weighted by Gasteiger charge is -2.06. The number of amides is 1. The number of nitrogens with one attached hydrogen (secondary N) is 1. The molecule has 0 spiro atoms. The van der Waals surface area contributed by atoms with Gasteiger partial charge in [-0.2, -0.15) is 0 Å². The summed E-state index contributed by atoms with van der Waals surface area (Å²) in [5.74, 6) is -0.219. The largest absolute Gasteiger partial charge is 0.484 e. The number of hydrogen-bond acceptors (Lipinski definition) is 6. The van der Waals surface area contributed by atoms with Gasteiger partial charge < -0.3 is 9.47 Å². The summed E-state index contributed by atoms with van der Waals surface area (Å²) >= 11 is 1.16. The van der Waals surface area contributed by atoms with E-state index in [1.165, 1.54) is 5.38 Å². The van der Waals surface area contributed by atoms with Gasteiger partial charge in [-0.05, 0) is 31.5 Å². The first-order valence-corrected chi connectivity index (χ1v) is 7.58. The Kier molecular flexibility index (Phi) is 5.48. The third-order valence-corrected chi connectivity index (χ3v) is 3.35. The molecule has 1 aromatic heterocycles. The molecule has 0 fully saturated rings. The van der Waals surface area contributed by atoms with Gasteiger partial charge in [-0.3, -0.25) is 10.1 Å². The lowest BCUT2D eigenvalue weighted by atomic mass is 10.2. The maximum Gasteiger partial charge on any atom is 0.357 e. The molecular formula is C15H16N2O4S. The molecule has 0 saturated carbocycles. The molecule has 0 saturated heterocycles. The van der Waals surface area contributed by atoms with Crippen LogP contribution in [0.2, 0.25) is 0 Å². The molecular weight excluding hydrogens is 304 g/mol. The molecule has 22 heavy (non-hydrogen) atoms. The van der Waals surface area contributed by atoms with Gasteiger partial charge in [0.2, 0.25) is 0 Å². The molecule has 0 aliphatic carbocycles. The van der Waals surface area contributed by atoms with Crippen LogP contribution in [0, 0.1) is 6.92 Å². The molecule has 0 aliphatic heterocycles. The molecule has 0 unspecified atom stereocenters. The van der Waals surface area contributed by atoms with Crippen LogP contribution in [0.15, 0.2) is 29.6 Å². The molecule has 0 atom stereocenters. The third-order valence-electron chi connectivity index (χ3n) is 2.59. The molecule has 1 aromatic carbocycles. The molecule has 116 valence electrons. The number of anilines is 1. The summed E-state index contributed by atoms with van der Waals surface area (Å²) in [7, 11) is 0. The van der Waals surface area contributed by atoms with Gasteiger partial charge in [0, 0.05) is 5.38 Å². The first-order chi connectivity index (χ1) is 10.6. The summed E-state index contributed by atoms with van der Waals surface area (Å²) in [4.78, 5) is 27.3. The SMILES string of the molecule is CCOC(=O)c1csc(NC(=O)COc2cccc(C)c2)n1. The van der Waals surface area contributed by atoms with Gasteiger partial charge in [0.1, 0.15) is 5.75 Å². The maximum atomic E-state index is 11.8. The molecule has 0 bridgehead atoms. The number of carbonyl (C=O) groups excluding carboxylic acids is 2. The normalized spacial score (nSPS) is 10.1. The highest BCUT2D eigenvalue weighted by Gasteiger charge is 2.13. The standard InChI is InChI=1S/C15H16N2O4S/c1-3-20-14(19)12-9-22-15(16-12)17-13(18)8-21-11-6-4-5-10(2)7-11/h4-7,9H,3,8H2,1-2H3,(H,16,17,18). The zero-order chi connectivity index (χ0) is 15.9. The van der Waals surface area contributed by atoms with E-state index in [0.29, 0.717) is 10.9 Å². The highest BCUT2D eigenvalue weighted by molar-refractivity contribution is 7.14. The fraction of sp³-hybridized carbons (Fsp3) is 0.267. The zero-order valence-corrected chi connectivity index (χ0v) is 13.1. The van der Waals surface area contributed by atoms with E-state index < -0.39 is 5.97 Å². The van der Waals surface area contributed by atoms with Crippen LogP contribution in [0.3, 0.4) is 0 Å². The number of benzene rings is 1. The van der Waals surface area contributed by atoms with Crippen LogP contribution >= 0.6 is 11.3 Å². The van der Waals surface area contributed by atoms with E-state index in [9.17, 15) is 9.59 Å². The molecule has 1 amide bonds. The van der Waals surface area contributed by atoms with Crippen molar-refractivity contribution in [2.45, 2.75) is 13.8 Å². The number of aromatic nitrogens is 1. The van der Waals surface area contributed by atoms with Gasteiger partial charge in [0.25, 0.3) is 5.91 Å². The van der Waals surface area contributed by atoms with Gasteiger partial charge in [0.05, 0.1) is 6.61 Å². The molecule has 0 aliphatic rings. The second-order valence-corrected chi connectivity index (χ2v) is 5.27. The monoisotopic (exact) mass is 320 g/mol. The number of carbonyl (C=O) groups is 2. The summed E-state index contributed by atoms with van der Waals surface area (Å²) in [5.41, 5.74) is 1.23. The van der Waals surface area contributed by atoms with Gasteiger partial charge >= 0.3 is 5.97 Å². The second-order valence-electron chi connectivity index (χ2n) is 4.41. The highest BCUT2D eigenvalue weighted by atomic mass is 32.1. The molecule has 1 N–H and O–H groups in total. The Morgan fingerprint density at radius 3 is 2.91 bits per heavy atom. The van der Waals surface area contributed by atoms with Gasteiger partial charge in [-0.1, -0.05) is 12.1 Å². The number of thiazole rings is 1. The lowest BCUT2D eigenvalue weighted by molar-refractivity contribution is -0.118. The van der Waals surface area contributed by atoms with Crippen LogP contribution in [-0.4, -0.2) is 30.1 Å². The predicted molar refractivity (Wildman–Crippen MR) is 83.4 cm³/mol. The van der Waals surface area contributed by atoms with E-state index in [1.54, 1.807) is 13.0 Å². The topological polar surface area (TPSA) is 77.5 Å². The highest BCUT2D eigenvalue weighted by Crippen LogP contribution is 2.16. The smallest absolute Gasteiger partial charge is 0.357 e. The summed E-state index contributed by atoms with van der Waals surface area (Å²) in [6.07, 6.45) is 0. The van der Waals surface area contributed by atoms with Crippen molar-refractivity contribution in [2.75, 3.05) is 18.5 Å². The lowest BCUT2D eigenvalue weighted by Crippen LogP contribution is -2.20. The number of ether oxygens (including phenoxy) is 2. The van der Waals surface area contributed by atoms with Crippen molar-refractivity contribution in [2.24, 2.45) is 0 Å². The molecule has 2 aromatic rings. The van der Waals surface area contributed by atoms with Crippen molar-refractivity contribution >= 4 is 28.3 Å². The van der Waals surface area contributed by atoms with E-state index >= 15 is 0 Å². The number of hydrogen-bond donors (Lipinski definition) is 1. The van der Waals surface area contributed by atoms with Crippen molar-refractivity contribution in [3.8, 4) is 5.75 Å². The van der Waals surface area contributed by atoms with Crippen molar-refractivity contribution in [3.05, 3.63) is 40.9 Å². The Bertz CT molecular complexity index is 669. The number of esters is 1. The van der Waals surface area contributed by atoms with Crippen molar-refractivity contribution in [1.29, 1.82) is 0 Å². The van der Waals surface area contributed by atoms with Crippen LogP contribution in [0.25, 0.3) is 0 Å². The van der Waals surface area contributed by atoms with Crippen LogP contribution in [-0.2, 0) is 9.53 Å². The average Bonchev–Trinajstić information content (AvgIpc) is 2.94. The molecule has 6 nitrogen and oxygen atoms in total. The van der Waals surface area contributed by atoms with E-state index in [1.807, 2.05) is 25.1 Å². The average molecular weight is 320 g/mol. The summed E-state index contributed by atoms with van der Waals surface area (Å²) in [5, 5.41) is 4.45. The van der Waals surface area contributed by atoms with E-state index in [0.717, 1.165) is 16.9 Å². The van der Waals surface area contributed by atoms with Crippen LogP contribution in [0.4, 0.5) is 5.13 Å². The van der Waals surface area contributed by atoms with Gasteiger partial charge in [0.15, 0.2) is 17.4 Å². The summed E-state index contributed by atoms with van der Waals surface area (Å²) in [6, 6.07) is 7.42. The second kappa shape index (κ2) is 7.56. The van der Waals surface area contributed by atoms with Crippen molar-refractivity contribution in [3.63, 3.8) is 0 Å². The molecule has 7 heteroatoms. The third kappa shape index (κ3) is 4.56. The van der Waals surface area contributed by atoms with E-state index in [-0.39, 0.29) is 24.8 Å². The number of nitrogens with zero attached hydrogens (tertiary/aromatic N) is 1. The Morgan fingerprint density at radius 2 is 2.18 bits per heavy atom. The Hall–Kier alpha value is -2.41. The fourth-order valence-electron chi connectivity index (χ4n) is 1.64. The fourth-order valence-corrected chi connectivity index (χ4v) is 2.34. The molecule has 2 rings (SSSR count). The molecule has 0 radical (unpaired) electrons. The van der Waals surface area contributed by atoms with Gasteiger partial charge in [-0.15, -0.1) is 11.3 Å². The van der Waals surface area contributed by atoms with Gasteiger partial charge in [-0.25, -0.2) is 9.78 Å². The summed E-state index contributed by atoms with van der Waals surface area (Å²) in [6.45, 7) is 3.81. The first kappa shape index (κ1) is 16.0. The van der Waals surface area contributed by atoms with Crippen LogP contribution < -0.4 is 10.1 Å². The van der Waals surface area contributed by atoms with E-state index in [4.69, 9.17) is 9.47 Å².